The third-order valence-electron chi connectivity index (χ3n) is 3.89. The molecule has 92 valence electrons. The first-order valence-electron chi connectivity index (χ1n) is 6.19. The molecular weight excluding hydrogens is 230 g/mol. The molecule has 1 aliphatic heterocycles. The number of likely N-dealkylation sites (N-methyl/N-ethyl adjacent to an activating group) is 1. The summed E-state index contributed by atoms with van der Waals surface area (Å²) in [7, 11) is 2.22. The van der Waals surface area contributed by atoms with Crippen molar-refractivity contribution in [2.24, 2.45) is 0 Å². The van der Waals surface area contributed by atoms with Gasteiger partial charge in [-0.25, -0.2) is 0 Å². The van der Waals surface area contributed by atoms with Crippen LogP contribution in [0.5, 0.6) is 0 Å². The molecule has 0 radical (unpaired) electrons. The van der Waals surface area contributed by atoms with Gasteiger partial charge in [0.25, 0.3) is 0 Å². The van der Waals surface area contributed by atoms with E-state index in [1.54, 1.807) is 5.57 Å². The van der Waals surface area contributed by atoms with Crippen LogP contribution in [0.15, 0.2) is 35.4 Å². The number of hydrogen-bond acceptors (Lipinski definition) is 1. The van der Waals surface area contributed by atoms with Gasteiger partial charge in [0, 0.05) is 17.6 Å². The molecular formula is C15H20ClN. The van der Waals surface area contributed by atoms with E-state index in [9.17, 15) is 0 Å². The predicted molar refractivity (Wildman–Crippen MR) is 74.6 cm³/mol. The maximum Gasteiger partial charge on any atom is 0.0406 e. The van der Waals surface area contributed by atoms with Gasteiger partial charge in [-0.1, -0.05) is 34.9 Å². The van der Waals surface area contributed by atoms with Crippen molar-refractivity contribution in [3.05, 3.63) is 46.0 Å². The van der Waals surface area contributed by atoms with Crippen molar-refractivity contribution in [2.45, 2.75) is 32.7 Å². The largest absolute Gasteiger partial charge is 0.299 e. The van der Waals surface area contributed by atoms with Crippen molar-refractivity contribution in [1.82, 2.24) is 4.90 Å². The summed E-state index contributed by atoms with van der Waals surface area (Å²) in [4.78, 5) is 2.46. The van der Waals surface area contributed by atoms with Crippen LogP contribution in [0.25, 0.3) is 0 Å². The molecule has 1 aromatic rings. The second-order valence-electron chi connectivity index (χ2n) is 5.04. The third kappa shape index (κ3) is 2.91. The van der Waals surface area contributed by atoms with E-state index < -0.39 is 0 Å². The van der Waals surface area contributed by atoms with E-state index in [0.29, 0.717) is 6.04 Å². The van der Waals surface area contributed by atoms with Crippen molar-refractivity contribution in [3.8, 4) is 0 Å². The van der Waals surface area contributed by atoms with Gasteiger partial charge in [-0.3, -0.25) is 4.90 Å². The molecule has 1 aliphatic rings. The molecule has 17 heavy (non-hydrogen) atoms. The maximum absolute atomic E-state index is 5.92. The molecule has 0 aliphatic carbocycles. The van der Waals surface area contributed by atoms with Crippen molar-refractivity contribution < 1.29 is 0 Å². The highest BCUT2D eigenvalue weighted by Gasteiger charge is 2.22. The minimum absolute atomic E-state index is 0.546. The van der Waals surface area contributed by atoms with Gasteiger partial charge in [-0.2, -0.15) is 0 Å². The molecule has 0 saturated carbocycles. The zero-order valence-corrected chi connectivity index (χ0v) is 11.6. The van der Waals surface area contributed by atoms with Crippen LogP contribution in [0.4, 0.5) is 0 Å². The monoisotopic (exact) mass is 249 g/mol. The maximum atomic E-state index is 5.92. The predicted octanol–water partition coefficient (Wildman–Crippen LogP) is 3.92. The second-order valence-corrected chi connectivity index (χ2v) is 5.48. The van der Waals surface area contributed by atoms with Gasteiger partial charge in [0.1, 0.15) is 0 Å². The van der Waals surface area contributed by atoms with Crippen LogP contribution >= 0.6 is 11.6 Å². The number of hydrogen-bond donors (Lipinski definition) is 0. The Balaban J connectivity index is 2.17. The lowest BCUT2D eigenvalue weighted by Gasteiger charge is -2.34. The third-order valence-corrected chi connectivity index (χ3v) is 4.14. The van der Waals surface area contributed by atoms with Crippen LogP contribution in [0.2, 0.25) is 5.02 Å². The molecule has 2 rings (SSSR count). The summed E-state index contributed by atoms with van der Waals surface area (Å²) in [6.45, 7) is 5.70. The average Bonchev–Trinajstić information content (AvgIpc) is 2.32. The van der Waals surface area contributed by atoms with Gasteiger partial charge < -0.3 is 0 Å². The summed E-state index contributed by atoms with van der Waals surface area (Å²) in [6.07, 6.45) is 2.29. The summed E-state index contributed by atoms with van der Waals surface area (Å²) in [5, 5.41) is 0.814. The molecule has 1 atom stereocenters. The highest BCUT2D eigenvalue weighted by atomic mass is 35.5. The van der Waals surface area contributed by atoms with E-state index in [2.05, 4.69) is 37.9 Å². The Bertz CT molecular complexity index is 419. The Hall–Kier alpha value is -0.790. The first-order valence-corrected chi connectivity index (χ1v) is 6.56. The van der Waals surface area contributed by atoms with Gasteiger partial charge in [0.2, 0.25) is 0 Å². The SMILES string of the molecule is CC1=C(C)[C@@H](Cc2ccc(Cl)cc2)N(C)CC1. The van der Waals surface area contributed by atoms with E-state index in [1.165, 1.54) is 24.1 Å². The molecule has 0 fully saturated rings. The number of rotatable bonds is 2. The molecule has 1 heterocycles. The standard InChI is InChI=1S/C15H20ClN/c1-11-8-9-17(3)15(12(11)2)10-13-4-6-14(16)7-5-13/h4-7,15H,8-10H2,1-3H3/t15-/m1/s1. The summed E-state index contributed by atoms with van der Waals surface area (Å²) in [6, 6.07) is 8.77. The lowest BCUT2D eigenvalue weighted by Crippen LogP contribution is -2.38. The highest BCUT2D eigenvalue weighted by Crippen LogP contribution is 2.25. The lowest BCUT2D eigenvalue weighted by atomic mass is 9.91. The quantitative estimate of drug-likeness (QED) is 0.718. The van der Waals surface area contributed by atoms with Crippen molar-refractivity contribution in [3.63, 3.8) is 0 Å². The van der Waals surface area contributed by atoms with Gasteiger partial charge in [0.05, 0.1) is 0 Å². The van der Waals surface area contributed by atoms with Gasteiger partial charge in [-0.05, 0) is 51.4 Å². The Kier molecular flexibility index (Phi) is 3.90. The number of nitrogens with zero attached hydrogens (tertiary/aromatic N) is 1. The van der Waals surface area contributed by atoms with E-state index in [1.807, 2.05) is 12.1 Å². The number of benzene rings is 1. The molecule has 0 unspecified atom stereocenters. The van der Waals surface area contributed by atoms with Crippen LogP contribution in [0.1, 0.15) is 25.8 Å². The lowest BCUT2D eigenvalue weighted by molar-refractivity contribution is 0.255. The van der Waals surface area contributed by atoms with Crippen LogP contribution in [-0.4, -0.2) is 24.5 Å². The summed E-state index contributed by atoms with van der Waals surface area (Å²) < 4.78 is 0. The summed E-state index contributed by atoms with van der Waals surface area (Å²) >= 11 is 5.92. The zero-order valence-electron chi connectivity index (χ0n) is 10.8. The first-order chi connectivity index (χ1) is 8.08. The Labute approximate surface area is 109 Å². The Morgan fingerprint density at radius 3 is 2.53 bits per heavy atom. The molecule has 1 nitrogen and oxygen atoms in total. The fourth-order valence-corrected chi connectivity index (χ4v) is 2.59. The molecule has 0 aromatic heterocycles. The summed E-state index contributed by atoms with van der Waals surface area (Å²) in [5.41, 5.74) is 4.45. The fourth-order valence-electron chi connectivity index (χ4n) is 2.46. The highest BCUT2D eigenvalue weighted by molar-refractivity contribution is 6.30. The van der Waals surface area contributed by atoms with Gasteiger partial charge in [0.15, 0.2) is 0 Å². The zero-order chi connectivity index (χ0) is 12.4. The molecule has 0 amide bonds. The number of halogens is 1. The molecule has 0 saturated heterocycles. The van der Waals surface area contributed by atoms with Crippen LogP contribution in [0, 0.1) is 0 Å². The van der Waals surface area contributed by atoms with Crippen molar-refractivity contribution >= 4 is 11.6 Å². The molecule has 0 N–H and O–H groups in total. The summed E-state index contributed by atoms with van der Waals surface area (Å²) in [5.74, 6) is 0. The Morgan fingerprint density at radius 1 is 1.24 bits per heavy atom. The second kappa shape index (κ2) is 5.24. The molecule has 0 spiro atoms. The molecule has 0 bridgehead atoms. The van der Waals surface area contributed by atoms with Crippen LogP contribution in [-0.2, 0) is 6.42 Å². The molecule has 2 heteroatoms. The van der Waals surface area contributed by atoms with E-state index in [4.69, 9.17) is 11.6 Å². The average molecular weight is 250 g/mol. The van der Waals surface area contributed by atoms with Crippen molar-refractivity contribution in [1.29, 1.82) is 0 Å². The minimum atomic E-state index is 0.546. The fraction of sp³-hybridized carbons (Fsp3) is 0.467. The topological polar surface area (TPSA) is 3.24 Å². The normalized spacial score (nSPS) is 22.0. The minimum Gasteiger partial charge on any atom is -0.299 e. The first kappa shape index (κ1) is 12.7. The van der Waals surface area contributed by atoms with Crippen molar-refractivity contribution in [2.75, 3.05) is 13.6 Å². The van der Waals surface area contributed by atoms with Crippen LogP contribution < -0.4 is 0 Å². The van der Waals surface area contributed by atoms with Gasteiger partial charge >= 0.3 is 0 Å². The van der Waals surface area contributed by atoms with E-state index >= 15 is 0 Å². The van der Waals surface area contributed by atoms with Crippen LogP contribution in [0.3, 0.4) is 0 Å². The van der Waals surface area contributed by atoms with E-state index in [0.717, 1.165) is 11.4 Å². The van der Waals surface area contributed by atoms with E-state index in [-0.39, 0.29) is 0 Å². The van der Waals surface area contributed by atoms with Gasteiger partial charge in [-0.15, -0.1) is 0 Å². The molecule has 1 aromatic carbocycles. The Morgan fingerprint density at radius 2 is 1.88 bits per heavy atom. The smallest absolute Gasteiger partial charge is 0.0406 e.